The van der Waals surface area contributed by atoms with Crippen molar-refractivity contribution in [2.45, 2.75) is 45.1 Å². The van der Waals surface area contributed by atoms with Crippen LogP contribution in [-0.4, -0.2) is 80.8 Å². The number of amides is 3. The largest absolute Gasteiger partial charge is 1.00 e. The Labute approximate surface area is 270 Å². The molecule has 2 atom stereocenters. The molecule has 4 N–H and O–H groups in total. The molecule has 1 aliphatic rings. The van der Waals surface area contributed by atoms with Gasteiger partial charge >= 0.3 is 35.5 Å². The van der Waals surface area contributed by atoms with Crippen molar-refractivity contribution in [3.05, 3.63) is 51.0 Å². The zero-order valence-corrected chi connectivity index (χ0v) is 26.8. The van der Waals surface area contributed by atoms with E-state index in [0.717, 1.165) is 18.3 Å². The number of non-ortho nitro benzene ring substituents is 1. The Morgan fingerprint density at radius 3 is 2.40 bits per heavy atom. The van der Waals surface area contributed by atoms with Gasteiger partial charge in [-0.15, -0.1) is 11.3 Å². The van der Waals surface area contributed by atoms with E-state index < -0.39 is 68.9 Å². The van der Waals surface area contributed by atoms with Crippen molar-refractivity contribution in [1.29, 1.82) is 0 Å². The first-order chi connectivity index (χ1) is 19.5. The molecular weight excluding hydrogens is 625 g/mol. The molecule has 21 heteroatoms. The zero-order valence-electron chi connectivity index (χ0n) is 23.1. The summed E-state index contributed by atoms with van der Waals surface area (Å²) in [6.45, 7) is 2.94. The van der Waals surface area contributed by atoms with E-state index in [1.165, 1.54) is 43.5 Å². The van der Waals surface area contributed by atoms with Crippen molar-refractivity contribution in [3.63, 3.8) is 0 Å². The molecule has 1 aromatic carbocycles. The quantitative estimate of drug-likeness (QED) is 0.0379. The maximum absolute atomic E-state index is 13.2. The average molecular weight is 650 g/mol. The van der Waals surface area contributed by atoms with Crippen LogP contribution in [0.2, 0.25) is 0 Å². The number of benzene rings is 1. The van der Waals surface area contributed by atoms with Crippen LogP contribution in [0.4, 0.5) is 10.8 Å². The Morgan fingerprint density at radius 2 is 1.88 bits per heavy atom. The summed E-state index contributed by atoms with van der Waals surface area (Å²) in [7, 11) is -5.25. The van der Waals surface area contributed by atoms with Crippen LogP contribution in [0.25, 0.3) is 0 Å². The summed E-state index contributed by atoms with van der Waals surface area (Å²) < 4.78 is 39.7. The van der Waals surface area contributed by atoms with Crippen molar-refractivity contribution >= 4 is 61.9 Å². The molecule has 1 fully saturated rings. The normalized spacial score (nSPS) is 16.8. The van der Waals surface area contributed by atoms with E-state index in [1.54, 1.807) is 0 Å². The molecule has 226 valence electrons. The summed E-state index contributed by atoms with van der Waals surface area (Å²) in [4.78, 5) is 69.0. The van der Waals surface area contributed by atoms with Gasteiger partial charge in [-0.25, -0.2) is 22.5 Å². The minimum Gasteiger partial charge on any atom is -0.731 e. The van der Waals surface area contributed by atoms with Gasteiger partial charge in [-0.1, -0.05) is 5.16 Å². The predicted molar refractivity (Wildman–Crippen MR) is 142 cm³/mol. The number of nitrogens with one attached hydrogen (secondary N) is 2. The van der Waals surface area contributed by atoms with E-state index in [9.17, 15) is 42.3 Å². The molecule has 0 saturated carbocycles. The van der Waals surface area contributed by atoms with E-state index >= 15 is 0 Å². The number of anilines is 1. The fourth-order valence-corrected chi connectivity index (χ4v) is 4.86. The van der Waals surface area contributed by atoms with Crippen molar-refractivity contribution in [1.82, 2.24) is 19.9 Å². The average Bonchev–Trinajstić information content (AvgIpc) is 3.32. The van der Waals surface area contributed by atoms with Crippen molar-refractivity contribution in [2.75, 3.05) is 12.3 Å². The maximum Gasteiger partial charge on any atom is 1.00 e. The van der Waals surface area contributed by atoms with Gasteiger partial charge in [0.1, 0.15) is 18.3 Å². The Morgan fingerprint density at radius 1 is 1.26 bits per heavy atom. The molecular formula is C22H24N7NaO11S2. The van der Waals surface area contributed by atoms with E-state index in [1.807, 2.05) is 0 Å². The minimum absolute atomic E-state index is 0. The smallest absolute Gasteiger partial charge is 0.731 e. The number of carbonyl (C=O) groups is 4. The van der Waals surface area contributed by atoms with Gasteiger partial charge in [-0.2, -0.15) is 0 Å². The molecule has 0 bridgehead atoms. The fraction of sp³-hybridized carbons (Fsp3) is 0.364. The van der Waals surface area contributed by atoms with E-state index in [2.05, 4.69) is 20.8 Å². The van der Waals surface area contributed by atoms with Crippen LogP contribution in [0.15, 0.2) is 34.8 Å². The first kappa shape index (κ1) is 35.5. The molecule has 0 aliphatic carbocycles. The molecule has 1 saturated heterocycles. The van der Waals surface area contributed by atoms with Gasteiger partial charge in [0.2, 0.25) is 11.5 Å². The molecule has 0 radical (unpaired) electrons. The summed E-state index contributed by atoms with van der Waals surface area (Å²) in [5, 5.41) is 20.4. The van der Waals surface area contributed by atoms with Crippen molar-refractivity contribution < 1.29 is 76.2 Å². The Hall–Kier alpha value is -3.69. The summed E-state index contributed by atoms with van der Waals surface area (Å²) in [5.74, 6) is -3.87. The van der Waals surface area contributed by atoms with E-state index in [-0.39, 0.29) is 57.0 Å². The molecule has 1 aromatic heterocycles. The number of hydrogen-bond acceptors (Lipinski definition) is 15. The second-order valence-electron chi connectivity index (χ2n) is 9.16. The Balaban J connectivity index is 0.00000645. The van der Waals surface area contributed by atoms with Crippen LogP contribution in [0.5, 0.6) is 0 Å². The molecule has 1 aliphatic heterocycles. The number of nitro benzene ring substituents is 1. The summed E-state index contributed by atoms with van der Waals surface area (Å²) in [6, 6.07) is 2.28. The van der Waals surface area contributed by atoms with Crippen molar-refractivity contribution in [3.8, 4) is 0 Å². The number of nitrogen functional groups attached to an aromatic ring is 1. The fourth-order valence-electron chi connectivity index (χ4n) is 3.45. The molecule has 0 spiro atoms. The molecule has 0 unspecified atom stereocenters. The van der Waals surface area contributed by atoms with Crippen LogP contribution in [0, 0.1) is 10.1 Å². The first-order valence-corrected chi connectivity index (χ1v) is 14.0. The summed E-state index contributed by atoms with van der Waals surface area (Å²) in [5.41, 5.74) is 3.47. The second kappa shape index (κ2) is 14.2. The molecule has 43 heavy (non-hydrogen) atoms. The molecule has 2 heterocycles. The van der Waals surface area contributed by atoms with Gasteiger partial charge in [0.15, 0.2) is 21.1 Å². The van der Waals surface area contributed by atoms with Gasteiger partial charge in [0, 0.05) is 31.0 Å². The monoisotopic (exact) mass is 649 g/mol. The Bertz CT molecular complexity index is 1540. The topological polar surface area (TPSA) is 266 Å². The number of thiazole rings is 1. The minimum atomic E-state index is -5.25. The van der Waals surface area contributed by atoms with Crippen LogP contribution in [0.1, 0.15) is 32.0 Å². The molecule has 3 amide bonds. The molecule has 2 aromatic rings. The van der Waals surface area contributed by atoms with Gasteiger partial charge in [0.25, 0.3) is 17.5 Å². The number of nitrogens with zero attached hydrogens (tertiary/aromatic N) is 4. The Kier molecular flexibility index (Phi) is 11.7. The third-order valence-electron chi connectivity index (χ3n) is 5.61. The summed E-state index contributed by atoms with van der Waals surface area (Å²) in [6.07, 6.45) is 0. The van der Waals surface area contributed by atoms with Gasteiger partial charge in [-0.05, 0) is 31.5 Å². The number of hydrogen-bond donors (Lipinski definition) is 3. The molecule has 18 nitrogen and oxygen atoms in total. The summed E-state index contributed by atoms with van der Waals surface area (Å²) >= 11 is 0.926. The van der Waals surface area contributed by atoms with Crippen LogP contribution in [0.3, 0.4) is 0 Å². The number of nitro groups is 1. The standard InChI is InChI=1S/C22H25N7O11S2.Na/c1-11(30)24-8-15-17(19(32)28(15)42(36,37)38)26-18(31)16(14-10-41-21(23)25-14)27-40-22(2,3)20(33)39-9-12-4-6-13(7-5-12)29(34)35;/h4-7,10,15,17H,8-9H2,1-3H3,(H2,23,25)(H,24,30)(H,26,31)(H,36,37,38);/q;+1/p-1/t15-,17+;/m1./s1. The number of aromatic nitrogens is 1. The third-order valence-corrected chi connectivity index (χ3v) is 7.22. The number of rotatable bonds is 12. The first-order valence-electron chi connectivity index (χ1n) is 11.7. The number of oxime groups is 1. The third kappa shape index (κ3) is 8.91. The van der Waals surface area contributed by atoms with E-state index in [4.69, 9.17) is 15.3 Å². The van der Waals surface area contributed by atoms with E-state index in [0.29, 0.717) is 5.56 Å². The number of β-lactam (4-membered cyclic amide) rings is 1. The predicted octanol–water partition coefficient (Wildman–Crippen LogP) is -3.83. The maximum atomic E-state index is 13.2. The molecule has 3 rings (SSSR count). The number of esters is 1. The van der Waals surface area contributed by atoms with Crippen molar-refractivity contribution in [2.24, 2.45) is 5.16 Å². The number of carbonyl (C=O) groups excluding carboxylic acids is 4. The van der Waals surface area contributed by atoms with Gasteiger partial charge in [0.05, 0.1) is 11.0 Å². The van der Waals surface area contributed by atoms with Crippen LogP contribution >= 0.6 is 11.3 Å². The van der Waals surface area contributed by atoms with Gasteiger partial charge in [-0.3, -0.25) is 24.5 Å². The zero-order chi connectivity index (χ0) is 31.4. The van der Waals surface area contributed by atoms with Gasteiger partial charge < -0.3 is 30.5 Å². The number of ether oxygens (including phenoxy) is 1. The SMILES string of the molecule is CC(=O)NC[C@@H]1[C@H](NC(=O)C(=NOC(C)(C)C(=O)OCc2ccc([N+](=O)[O-])cc2)c2csc(N)n2)C(=O)N1S(=O)(=O)[O-].[Na+]. The number of nitrogens with two attached hydrogens (primary N) is 1. The van der Waals surface area contributed by atoms with Crippen LogP contribution in [-0.2, 0) is 45.7 Å². The second-order valence-corrected chi connectivity index (χ2v) is 11.3. The van der Waals surface area contributed by atoms with Crippen LogP contribution < -0.4 is 45.9 Å².